The van der Waals surface area contributed by atoms with Gasteiger partial charge in [-0.05, 0) is 194 Å². The molecule has 0 aromatic heterocycles. The molecule has 0 saturated heterocycles. The smallest absolute Gasteiger partial charge is 0.0468 e. The lowest BCUT2D eigenvalue weighted by Gasteiger charge is -2.28. The van der Waals surface area contributed by atoms with Gasteiger partial charge in [0, 0.05) is 34.1 Å². The zero-order chi connectivity index (χ0) is 52.9. The van der Waals surface area contributed by atoms with Crippen LogP contribution in [0.15, 0.2) is 297 Å². The zero-order valence-electron chi connectivity index (χ0n) is 44.2. The zero-order valence-corrected chi connectivity index (χ0v) is 44.2. The molecule has 0 heterocycles. The van der Waals surface area contributed by atoms with Crippen molar-refractivity contribution in [3.05, 3.63) is 313 Å². The lowest BCUT2D eigenvalue weighted by molar-refractivity contribution is 1.08. The van der Waals surface area contributed by atoms with Crippen molar-refractivity contribution >= 4 is 99.6 Å². The Morgan fingerprint density at radius 3 is 1.26 bits per heavy atom. The van der Waals surface area contributed by atoms with Crippen molar-refractivity contribution in [1.82, 2.24) is 0 Å². The van der Waals surface area contributed by atoms with E-state index in [4.69, 9.17) is 0 Å². The Kier molecular flexibility index (Phi) is 11.7. The number of hydrogen-bond donors (Lipinski definition) is 0. The largest absolute Gasteiger partial charge is 0.310 e. The van der Waals surface area contributed by atoms with Crippen molar-refractivity contribution in [1.29, 1.82) is 0 Å². The summed E-state index contributed by atoms with van der Waals surface area (Å²) in [4.78, 5) is 4.83. The Hall–Kier alpha value is -10.3. The first-order chi connectivity index (χ1) is 39.7. The molecule has 0 radical (unpaired) electrons. The van der Waals surface area contributed by atoms with E-state index in [0.717, 1.165) is 52.5 Å². The van der Waals surface area contributed by atoms with Crippen LogP contribution < -0.4 is 20.2 Å². The van der Waals surface area contributed by atoms with E-state index in [1.165, 1.54) is 103 Å². The summed E-state index contributed by atoms with van der Waals surface area (Å²) in [7, 11) is 0. The third-order valence-corrected chi connectivity index (χ3v) is 16.5. The van der Waals surface area contributed by atoms with Crippen LogP contribution in [0.2, 0.25) is 0 Å². The Balaban J connectivity index is 1.01. The molecule has 80 heavy (non-hydrogen) atoms. The van der Waals surface area contributed by atoms with Gasteiger partial charge in [-0.1, -0.05) is 231 Å². The van der Waals surface area contributed by atoms with Crippen LogP contribution in [-0.2, 0) is 0 Å². The topological polar surface area (TPSA) is 6.48 Å². The van der Waals surface area contributed by atoms with Crippen LogP contribution >= 0.6 is 0 Å². The highest BCUT2D eigenvalue weighted by Gasteiger charge is 2.23. The number of rotatable bonds is 10. The third kappa shape index (κ3) is 8.38. The van der Waals surface area contributed by atoms with Gasteiger partial charge >= 0.3 is 0 Å². The standard InChI is InChI=1S/C78H54N2/c1-3-25-63(26-4-1)79(65-43-41-53-17-7-9-21-61(53)49-65)67-45-47-73-75(51-67)77(59-37-33-57(34-38-59)71-31-15-23-55-19-11-13-29-69(55)71)74-48-46-68(80(64-27-5-2-6-28-64)66-44-42-54-18-8-10-22-62(54)50-66)52-76(74)78(73)60-39-35-58(36-40-60)72-32-16-24-56-20-12-14-30-70(56)72/h1-15,17-31,33-52H,16,32H2. The Morgan fingerprint density at radius 2 is 0.688 bits per heavy atom. The summed E-state index contributed by atoms with van der Waals surface area (Å²) in [5.41, 5.74) is 16.4. The molecule has 0 bridgehead atoms. The average molecular weight is 1020 g/mol. The molecule has 2 nitrogen and oxygen atoms in total. The summed E-state index contributed by atoms with van der Waals surface area (Å²) in [6, 6.07) is 110. The number of nitrogens with zero attached hydrogens (tertiary/aromatic N) is 2. The summed E-state index contributed by atoms with van der Waals surface area (Å²) < 4.78 is 0. The molecule has 14 aromatic carbocycles. The van der Waals surface area contributed by atoms with Gasteiger partial charge < -0.3 is 9.80 Å². The van der Waals surface area contributed by atoms with Crippen LogP contribution in [0.4, 0.5) is 34.1 Å². The van der Waals surface area contributed by atoms with Gasteiger partial charge in [-0.2, -0.15) is 0 Å². The maximum Gasteiger partial charge on any atom is 0.0468 e. The van der Waals surface area contributed by atoms with Crippen LogP contribution in [0.5, 0.6) is 0 Å². The molecular weight excluding hydrogens is 965 g/mol. The fraction of sp³-hybridized carbons (Fsp3) is 0.0256. The van der Waals surface area contributed by atoms with E-state index in [2.05, 4.69) is 313 Å². The van der Waals surface area contributed by atoms with Crippen molar-refractivity contribution in [2.24, 2.45) is 0 Å². The molecule has 376 valence electrons. The quantitative estimate of drug-likeness (QED) is 0.126. The lowest BCUT2D eigenvalue weighted by Crippen LogP contribution is -2.29. The number of anilines is 6. The highest BCUT2D eigenvalue weighted by Crippen LogP contribution is 2.49. The molecular formula is C78H54N2. The van der Waals surface area contributed by atoms with Crippen LogP contribution in [0, 0.1) is 0 Å². The van der Waals surface area contributed by atoms with Crippen molar-refractivity contribution in [3.63, 3.8) is 0 Å². The maximum absolute atomic E-state index is 2.45. The van der Waals surface area contributed by atoms with Gasteiger partial charge in [0.1, 0.15) is 0 Å². The first-order valence-electron chi connectivity index (χ1n) is 27.9. The Morgan fingerprint density at radius 1 is 0.250 bits per heavy atom. The predicted octanol–water partition coefficient (Wildman–Crippen LogP) is 20.2. The first-order valence-corrected chi connectivity index (χ1v) is 27.9. The molecule has 1 aliphatic rings. The molecule has 0 spiro atoms. The minimum Gasteiger partial charge on any atom is -0.310 e. The lowest BCUT2D eigenvalue weighted by atomic mass is 9.84. The molecule has 0 amide bonds. The normalized spacial score (nSPS) is 12.2. The van der Waals surface area contributed by atoms with Gasteiger partial charge in [0.15, 0.2) is 0 Å². The number of fused-ring (bicyclic) bond motifs is 6. The molecule has 0 N–H and O–H groups in total. The second kappa shape index (κ2) is 19.9. The van der Waals surface area contributed by atoms with Crippen molar-refractivity contribution in [2.75, 3.05) is 9.80 Å². The molecule has 0 fully saturated rings. The van der Waals surface area contributed by atoms with Gasteiger partial charge in [0.05, 0.1) is 0 Å². The molecule has 0 atom stereocenters. The summed E-state index contributed by atoms with van der Waals surface area (Å²) in [5.74, 6) is 0. The molecule has 0 saturated carbocycles. The van der Waals surface area contributed by atoms with Gasteiger partial charge in [-0.3, -0.25) is 0 Å². The van der Waals surface area contributed by atoms with E-state index in [1.54, 1.807) is 0 Å². The maximum atomic E-state index is 2.45. The van der Waals surface area contributed by atoms with Crippen molar-refractivity contribution < 1.29 is 0 Å². The SMILES string of the molecule is C1=c2ccccc2=C(c2ccc(-c3c4ccc(N(c5ccccc5)c5ccc6ccccc6c5)cc4c(-c4ccc(-c5cccc6ccccc56)cc4)c4ccc(N(c5ccccc5)c5ccc6ccccc6c5)cc34)cc2)CC1. The van der Waals surface area contributed by atoms with Gasteiger partial charge in [-0.25, -0.2) is 0 Å². The summed E-state index contributed by atoms with van der Waals surface area (Å²) in [6.45, 7) is 0. The van der Waals surface area contributed by atoms with Crippen LogP contribution in [0.3, 0.4) is 0 Å². The second-order valence-electron chi connectivity index (χ2n) is 21.1. The summed E-state index contributed by atoms with van der Waals surface area (Å²) in [6.07, 6.45) is 4.43. The molecule has 0 aliphatic heterocycles. The number of para-hydroxylation sites is 2. The highest BCUT2D eigenvalue weighted by atomic mass is 15.1. The van der Waals surface area contributed by atoms with Gasteiger partial charge in [-0.15, -0.1) is 0 Å². The fourth-order valence-corrected chi connectivity index (χ4v) is 12.7. The van der Waals surface area contributed by atoms with Crippen LogP contribution in [0.25, 0.3) is 98.9 Å². The molecule has 14 aromatic rings. The second-order valence-corrected chi connectivity index (χ2v) is 21.1. The first kappa shape index (κ1) is 47.0. The molecule has 0 unspecified atom stereocenters. The van der Waals surface area contributed by atoms with Gasteiger partial charge in [0.25, 0.3) is 0 Å². The van der Waals surface area contributed by atoms with Crippen molar-refractivity contribution in [2.45, 2.75) is 12.8 Å². The highest BCUT2D eigenvalue weighted by molar-refractivity contribution is 6.23. The van der Waals surface area contributed by atoms with Crippen LogP contribution in [0.1, 0.15) is 18.4 Å². The van der Waals surface area contributed by atoms with E-state index in [0.29, 0.717) is 0 Å². The Labute approximate surface area is 466 Å². The minimum absolute atomic E-state index is 1.02. The predicted molar refractivity (Wildman–Crippen MR) is 342 cm³/mol. The third-order valence-electron chi connectivity index (χ3n) is 16.5. The number of benzene rings is 14. The van der Waals surface area contributed by atoms with Crippen LogP contribution in [-0.4, -0.2) is 0 Å². The van der Waals surface area contributed by atoms with E-state index < -0.39 is 0 Å². The van der Waals surface area contributed by atoms with Gasteiger partial charge in [0.2, 0.25) is 0 Å². The summed E-state index contributed by atoms with van der Waals surface area (Å²) >= 11 is 0. The summed E-state index contributed by atoms with van der Waals surface area (Å²) in [5, 5.41) is 14.7. The molecule has 15 rings (SSSR count). The fourth-order valence-electron chi connectivity index (χ4n) is 12.7. The van der Waals surface area contributed by atoms with E-state index >= 15 is 0 Å². The minimum atomic E-state index is 1.02. The average Bonchev–Trinajstić information content (AvgIpc) is 3.61. The molecule has 2 heteroatoms. The number of hydrogen-bond acceptors (Lipinski definition) is 2. The Bertz CT molecular complexity index is 4810. The molecule has 1 aliphatic carbocycles. The van der Waals surface area contributed by atoms with E-state index in [-0.39, 0.29) is 0 Å². The van der Waals surface area contributed by atoms with E-state index in [1.807, 2.05) is 0 Å². The monoisotopic (exact) mass is 1020 g/mol. The van der Waals surface area contributed by atoms with Crippen molar-refractivity contribution in [3.8, 4) is 33.4 Å². The van der Waals surface area contributed by atoms with E-state index in [9.17, 15) is 0 Å².